The SMILES string of the molecule is CCNC(=NCc1ccc(OCCN(CC)CC)c(OC)c1)NC1CCC(O)CC1.I. The van der Waals surface area contributed by atoms with E-state index in [2.05, 4.69) is 36.3 Å². The van der Waals surface area contributed by atoms with Crippen LogP contribution in [-0.2, 0) is 6.54 Å². The fourth-order valence-electron chi connectivity index (χ4n) is 3.66. The third kappa shape index (κ3) is 9.82. The minimum atomic E-state index is -0.150. The Kier molecular flexibility index (Phi) is 13.9. The summed E-state index contributed by atoms with van der Waals surface area (Å²) in [5, 5.41) is 16.5. The van der Waals surface area contributed by atoms with Crippen molar-refractivity contribution in [1.29, 1.82) is 0 Å². The van der Waals surface area contributed by atoms with E-state index in [0.29, 0.717) is 19.2 Å². The number of hydrogen-bond donors (Lipinski definition) is 3. The van der Waals surface area contributed by atoms with Crippen LogP contribution < -0.4 is 20.1 Å². The number of methoxy groups -OCH3 is 1. The van der Waals surface area contributed by atoms with Gasteiger partial charge in [0.1, 0.15) is 6.61 Å². The number of nitrogens with zero attached hydrogens (tertiary/aromatic N) is 2. The lowest BCUT2D eigenvalue weighted by molar-refractivity contribution is 0.120. The molecule has 0 atom stereocenters. The van der Waals surface area contributed by atoms with Crippen LogP contribution in [0.3, 0.4) is 0 Å². The Morgan fingerprint density at radius 3 is 2.45 bits per heavy atom. The lowest BCUT2D eigenvalue weighted by Gasteiger charge is -2.27. The Morgan fingerprint density at radius 1 is 1.13 bits per heavy atom. The summed E-state index contributed by atoms with van der Waals surface area (Å²) in [7, 11) is 1.67. The highest BCUT2D eigenvalue weighted by atomic mass is 127. The molecule has 7 nitrogen and oxygen atoms in total. The van der Waals surface area contributed by atoms with E-state index < -0.39 is 0 Å². The minimum Gasteiger partial charge on any atom is -0.493 e. The molecule has 1 aliphatic rings. The van der Waals surface area contributed by atoms with Crippen LogP contribution in [0, 0.1) is 0 Å². The number of nitrogens with one attached hydrogen (secondary N) is 2. The highest BCUT2D eigenvalue weighted by Crippen LogP contribution is 2.28. The quantitative estimate of drug-likeness (QED) is 0.224. The number of halogens is 1. The molecular formula is C23H41IN4O3. The standard InChI is InChI=1S/C23H40N4O3.HI/c1-5-24-23(26-19-9-11-20(28)12-10-19)25-17-18-8-13-21(22(16-18)29-4)30-15-14-27(6-2)7-3;/h8,13,16,19-20,28H,5-7,9-12,14-15,17H2,1-4H3,(H2,24,25,26);1H. The van der Waals surface area contributed by atoms with E-state index in [1.54, 1.807) is 7.11 Å². The molecule has 0 bridgehead atoms. The van der Waals surface area contributed by atoms with Gasteiger partial charge >= 0.3 is 0 Å². The highest BCUT2D eigenvalue weighted by molar-refractivity contribution is 14.0. The Bertz CT molecular complexity index is 648. The Hall–Kier alpha value is -1.26. The predicted molar refractivity (Wildman–Crippen MR) is 138 cm³/mol. The first-order valence-electron chi connectivity index (χ1n) is 11.3. The van der Waals surface area contributed by atoms with E-state index in [1.165, 1.54) is 0 Å². The zero-order valence-corrected chi connectivity index (χ0v) is 21.9. The summed E-state index contributed by atoms with van der Waals surface area (Å²) >= 11 is 0. The van der Waals surface area contributed by atoms with Crippen LogP contribution in [0.5, 0.6) is 11.5 Å². The van der Waals surface area contributed by atoms with Gasteiger partial charge in [0.2, 0.25) is 0 Å². The number of aliphatic hydroxyl groups is 1. The second kappa shape index (κ2) is 15.5. The number of aliphatic hydroxyl groups excluding tert-OH is 1. The molecule has 31 heavy (non-hydrogen) atoms. The molecule has 0 saturated heterocycles. The first-order chi connectivity index (χ1) is 14.6. The van der Waals surface area contributed by atoms with Crippen molar-refractivity contribution in [3.8, 4) is 11.5 Å². The summed E-state index contributed by atoms with van der Waals surface area (Å²) in [5.41, 5.74) is 1.07. The maximum atomic E-state index is 9.70. The van der Waals surface area contributed by atoms with E-state index in [9.17, 15) is 5.11 Å². The summed E-state index contributed by atoms with van der Waals surface area (Å²) in [6.45, 7) is 11.3. The van der Waals surface area contributed by atoms with Gasteiger partial charge in [-0.2, -0.15) is 0 Å². The van der Waals surface area contributed by atoms with E-state index in [-0.39, 0.29) is 30.1 Å². The smallest absolute Gasteiger partial charge is 0.191 e. The predicted octanol–water partition coefficient (Wildman–Crippen LogP) is 3.39. The summed E-state index contributed by atoms with van der Waals surface area (Å²) in [5.74, 6) is 2.32. The molecule has 1 aromatic rings. The average Bonchev–Trinajstić information content (AvgIpc) is 2.77. The van der Waals surface area contributed by atoms with Crippen LogP contribution in [0.25, 0.3) is 0 Å². The van der Waals surface area contributed by atoms with E-state index in [0.717, 1.165) is 74.9 Å². The van der Waals surface area contributed by atoms with Gasteiger partial charge in [-0.25, -0.2) is 4.99 Å². The van der Waals surface area contributed by atoms with Crippen molar-refractivity contribution < 1.29 is 14.6 Å². The molecule has 0 spiro atoms. The number of benzene rings is 1. The molecule has 2 rings (SSSR count). The lowest BCUT2D eigenvalue weighted by atomic mass is 9.93. The number of rotatable bonds is 11. The Morgan fingerprint density at radius 2 is 1.84 bits per heavy atom. The zero-order valence-electron chi connectivity index (χ0n) is 19.5. The molecular weight excluding hydrogens is 507 g/mol. The van der Waals surface area contributed by atoms with Gasteiger partial charge in [0.05, 0.1) is 19.8 Å². The summed E-state index contributed by atoms with van der Waals surface area (Å²) in [4.78, 5) is 7.07. The van der Waals surface area contributed by atoms with Gasteiger partial charge in [0.25, 0.3) is 0 Å². The third-order valence-electron chi connectivity index (χ3n) is 5.59. The molecule has 0 heterocycles. The number of aliphatic imine (C=N–C) groups is 1. The number of hydrogen-bond acceptors (Lipinski definition) is 5. The fourth-order valence-corrected chi connectivity index (χ4v) is 3.66. The zero-order chi connectivity index (χ0) is 21.8. The first kappa shape index (κ1) is 27.8. The fraction of sp³-hybridized carbons (Fsp3) is 0.696. The largest absolute Gasteiger partial charge is 0.493 e. The van der Waals surface area contributed by atoms with Crippen LogP contribution in [0.1, 0.15) is 52.0 Å². The normalized spacial score (nSPS) is 19.0. The van der Waals surface area contributed by atoms with Crippen molar-refractivity contribution in [3.05, 3.63) is 23.8 Å². The molecule has 0 amide bonds. The Labute approximate surface area is 205 Å². The molecule has 0 aromatic heterocycles. The molecule has 1 fully saturated rings. The monoisotopic (exact) mass is 548 g/mol. The van der Waals surface area contributed by atoms with Gasteiger partial charge in [0.15, 0.2) is 17.5 Å². The van der Waals surface area contributed by atoms with E-state index in [4.69, 9.17) is 14.5 Å². The van der Waals surface area contributed by atoms with Crippen LogP contribution in [-0.4, -0.2) is 68.0 Å². The lowest BCUT2D eigenvalue weighted by Crippen LogP contribution is -2.45. The van der Waals surface area contributed by atoms with Crippen molar-refractivity contribution in [2.24, 2.45) is 4.99 Å². The Balaban J connectivity index is 0.00000480. The van der Waals surface area contributed by atoms with Crippen molar-refractivity contribution in [2.75, 3.05) is 39.9 Å². The first-order valence-corrected chi connectivity index (χ1v) is 11.3. The van der Waals surface area contributed by atoms with Crippen LogP contribution in [0.2, 0.25) is 0 Å². The number of guanidine groups is 1. The molecule has 0 aliphatic heterocycles. The molecule has 8 heteroatoms. The van der Waals surface area contributed by atoms with Gasteiger partial charge in [-0.15, -0.1) is 24.0 Å². The summed E-state index contributed by atoms with van der Waals surface area (Å²) in [6, 6.07) is 6.37. The molecule has 1 aliphatic carbocycles. The highest BCUT2D eigenvalue weighted by Gasteiger charge is 2.20. The van der Waals surface area contributed by atoms with Crippen molar-refractivity contribution in [2.45, 2.75) is 65.1 Å². The average molecular weight is 549 g/mol. The van der Waals surface area contributed by atoms with Gasteiger partial charge < -0.3 is 30.1 Å². The van der Waals surface area contributed by atoms with Crippen molar-refractivity contribution in [1.82, 2.24) is 15.5 Å². The third-order valence-corrected chi connectivity index (χ3v) is 5.59. The molecule has 0 unspecified atom stereocenters. The van der Waals surface area contributed by atoms with Crippen LogP contribution >= 0.6 is 24.0 Å². The van der Waals surface area contributed by atoms with Gasteiger partial charge in [-0.3, -0.25) is 0 Å². The minimum absolute atomic E-state index is 0. The van der Waals surface area contributed by atoms with Gasteiger partial charge in [-0.1, -0.05) is 19.9 Å². The summed E-state index contributed by atoms with van der Waals surface area (Å²) in [6.07, 6.45) is 3.49. The molecule has 178 valence electrons. The summed E-state index contributed by atoms with van der Waals surface area (Å²) < 4.78 is 11.5. The molecule has 3 N–H and O–H groups in total. The van der Waals surface area contributed by atoms with Gasteiger partial charge in [0, 0.05) is 19.1 Å². The maximum absolute atomic E-state index is 9.70. The van der Waals surface area contributed by atoms with E-state index >= 15 is 0 Å². The van der Waals surface area contributed by atoms with Crippen LogP contribution in [0.4, 0.5) is 0 Å². The maximum Gasteiger partial charge on any atom is 0.191 e. The van der Waals surface area contributed by atoms with Gasteiger partial charge in [-0.05, 0) is 63.4 Å². The topological polar surface area (TPSA) is 78.4 Å². The number of likely N-dealkylation sites (N-methyl/N-ethyl adjacent to an activating group) is 1. The second-order valence-corrected chi connectivity index (χ2v) is 7.71. The molecule has 0 radical (unpaired) electrons. The molecule has 1 saturated carbocycles. The van der Waals surface area contributed by atoms with E-state index in [1.807, 2.05) is 18.2 Å². The second-order valence-electron chi connectivity index (χ2n) is 7.71. The van der Waals surface area contributed by atoms with Crippen LogP contribution in [0.15, 0.2) is 23.2 Å². The van der Waals surface area contributed by atoms with Crippen molar-refractivity contribution in [3.63, 3.8) is 0 Å². The molecule has 1 aromatic carbocycles. The van der Waals surface area contributed by atoms with Crippen molar-refractivity contribution >= 4 is 29.9 Å². The number of ether oxygens (including phenoxy) is 2.